The molecule has 1 saturated heterocycles. The number of nitrogens with zero attached hydrogens (tertiary/aromatic N) is 2. The molecule has 1 unspecified atom stereocenters. The Labute approximate surface area is 120 Å². The fraction of sp³-hybridized carbons (Fsp3) is 1.00. The van der Waals surface area contributed by atoms with Gasteiger partial charge in [0.25, 0.3) is 0 Å². The summed E-state index contributed by atoms with van der Waals surface area (Å²) in [5, 5.41) is 0. The summed E-state index contributed by atoms with van der Waals surface area (Å²) in [5.74, 6) is 0. The van der Waals surface area contributed by atoms with Crippen LogP contribution in [0.4, 0.5) is 0 Å². The Kier molecular flexibility index (Phi) is 6.78. The van der Waals surface area contributed by atoms with Crippen LogP contribution in [0.2, 0.25) is 0 Å². The molecule has 0 aromatic carbocycles. The standard InChI is InChI=1S/C16H35N3/c1-6-10-19(15(4)5)16(13-17)8-7-11-18(12-9-16)14(2)3/h14-15H,6-13,17H2,1-5H3. The van der Waals surface area contributed by atoms with Gasteiger partial charge in [0.1, 0.15) is 0 Å². The maximum atomic E-state index is 6.24. The monoisotopic (exact) mass is 269 g/mol. The SMILES string of the molecule is CCCN(C(C)C)C1(CN)CCCN(C(C)C)CC1. The molecule has 114 valence electrons. The minimum absolute atomic E-state index is 0.230. The Balaban J connectivity index is 2.83. The van der Waals surface area contributed by atoms with Crippen LogP contribution in [0.25, 0.3) is 0 Å². The first-order valence-corrected chi connectivity index (χ1v) is 8.17. The summed E-state index contributed by atoms with van der Waals surface area (Å²) >= 11 is 0. The first-order valence-electron chi connectivity index (χ1n) is 8.17. The minimum atomic E-state index is 0.230. The highest BCUT2D eigenvalue weighted by Gasteiger charge is 2.38. The van der Waals surface area contributed by atoms with Crippen molar-refractivity contribution < 1.29 is 0 Å². The first kappa shape index (κ1) is 16.9. The van der Waals surface area contributed by atoms with E-state index in [1.54, 1.807) is 0 Å². The molecule has 3 nitrogen and oxygen atoms in total. The minimum Gasteiger partial charge on any atom is -0.329 e. The van der Waals surface area contributed by atoms with Gasteiger partial charge in [-0.25, -0.2) is 0 Å². The van der Waals surface area contributed by atoms with Gasteiger partial charge in [-0.05, 0) is 66.5 Å². The third kappa shape index (κ3) is 4.17. The van der Waals surface area contributed by atoms with Gasteiger partial charge in [-0.15, -0.1) is 0 Å². The zero-order valence-corrected chi connectivity index (χ0v) is 13.8. The van der Waals surface area contributed by atoms with E-state index in [0.29, 0.717) is 12.1 Å². The van der Waals surface area contributed by atoms with Crippen LogP contribution in [-0.2, 0) is 0 Å². The number of likely N-dealkylation sites (tertiary alicyclic amines) is 1. The fourth-order valence-corrected chi connectivity index (χ4v) is 3.61. The number of rotatable bonds is 6. The Morgan fingerprint density at radius 1 is 1.16 bits per heavy atom. The molecular formula is C16H35N3. The molecule has 1 rings (SSSR count). The molecule has 1 atom stereocenters. The molecule has 0 amide bonds. The van der Waals surface area contributed by atoms with Crippen molar-refractivity contribution in [2.45, 2.75) is 77.9 Å². The summed E-state index contributed by atoms with van der Waals surface area (Å²) in [4.78, 5) is 5.29. The molecule has 0 aliphatic carbocycles. The van der Waals surface area contributed by atoms with Crippen molar-refractivity contribution in [3.05, 3.63) is 0 Å². The van der Waals surface area contributed by atoms with Crippen molar-refractivity contribution in [1.29, 1.82) is 0 Å². The summed E-state index contributed by atoms with van der Waals surface area (Å²) in [7, 11) is 0. The summed E-state index contributed by atoms with van der Waals surface area (Å²) < 4.78 is 0. The molecule has 0 bridgehead atoms. The molecule has 1 aliphatic rings. The van der Waals surface area contributed by atoms with E-state index in [2.05, 4.69) is 44.4 Å². The second-order valence-electron chi connectivity index (χ2n) is 6.70. The summed E-state index contributed by atoms with van der Waals surface area (Å²) in [6, 6.07) is 1.25. The molecule has 1 aliphatic heterocycles. The van der Waals surface area contributed by atoms with Gasteiger partial charge in [-0.2, -0.15) is 0 Å². The average molecular weight is 269 g/mol. The van der Waals surface area contributed by atoms with E-state index < -0.39 is 0 Å². The quantitative estimate of drug-likeness (QED) is 0.805. The summed E-state index contributed by atoms with van der Waals surface area (Å²) in [6.07, 6.45) is 4.97. The van der Waals surface area contributed by atoms with Crippen molar-refractivity contribution >= 4 is 0 Å². The molecule has 0 aromatic heterocycles. The number of hydrogen-bond donors (Lipinski definition) is 1. The molecule has 0 radical (unpaired) electrons. The van der Waals surface area contributed by atoms with Crippen LogP contribution in [0, 0.1) is 0 Å². The van der Waals surface area contributed by atoms with E-state index >= 15 is 0 Å². The highest BCUT2D eigenvalue weighted by atomic mass is 15.2. The summed E-state index contributed by atoms with van der Waals surface area (Å²) in [6.45, 7) is 15.9. The van der Waals surface area contributed by atoms with Crippen LogP contribution < -0.4 is 5.73 Å². The highest BCUT2D eigenvalue weighted by molar-refractivity contribution is 4.96. The van der Waals surface area contributed by atoms with Crippen LogP contribution >= 0.6 is 0 Å². The van der Waals surface area contributed by atoms with Crippen LogP contribution in [-0.4, -0.2) is 53.6 Å². The van der Waals surface area contributed by atoms with Gasteiger partial charge in [-0.3, -0.25) is 4.90 Å². The van der Waals surface area contributed by atoms with Crippen LogP contribution in [0.1, 0.15) is 60.3 Å². The maximum absolute atomic E-state index is 6.24. The van der Waals surface area contributed by atoms with Gasteiger partial charge in [0, 0.05) is 30.7 Å². The topological polar surface area (TPSA) is 32.5 Å². The van der Waals surface area contributed by atoms with Crippen molar-refractivity contribution in [1.82, 2.24) is 9.80 Å². The molecule has 0 saturated carbocycles. The highest BCUT2D eigenvalue weighted by Crippen LogP contribution is 2.30. The largest absolute Gasteiger partial charge is 0.329 e. The van der Waals surface area contributed by atoms with Crippen LogP contribution in [0.5, 0.6) is 0 Å². The van der Waals surface area contributed by atoms with Crippen molar-refractivity contribution in [3.63, 3.8) is 0 Å². The van der Waals surface area contributed by atoms with E-state index in [9.17, 15) is 0 Å². The average Bonchev–Trinajstić information content (AvgIpc) is 2.58. The van der Waals surface area contributed by atoms with Gasteiger partial charge >= 0.3 is 0 Å². The predicted molar refractivity (Wildman–Crippen MR) is 84.5 cm³/mol. The molecule has 3 heteroatoms. The lowest BCUT2D eigenvalue weighted by molar-refractivity contribution is 0.0472. The smallest absolute Gasteiger partial charge is 0.0347 e. The van der Waals surface area contributed by atoms with E-state index in [1.165, 1.54) is 45.3 Å². The Bertz CT molecular complexity index is 252. The van der Waals surface area contributed by atoms with Crippen LogP contribution in [0.3, 0.4) is 0 Å². The van der Waals surface area contributed by atoms with Gasteiger partial charge < -0.3 is 10.6 Å². The third-order valence-corrected chi connectivity index (χ3v) is 4.76. The molecule has 1 fully saturated rings. The van der Waals surface area contributed by atoms with Crippen molar-refractivity contribution in [3.8, 4) is 0 Å². The maximum Gasteiger partial charge on any atom is 0.0347 e. The molecule has 0 spiro atoms. The van der Waals surface area contributed by atoms with E-state index in [4.69, 9.17) is 5.73 Å². The fourth-order valence-electron chi connectivity index (χ4n) is 3.61. The Morgan fingerprint density at radius 3 is 2.32 bits per heavy atom. The molecule has 1 heterocycles. The van der Waals surface area contributed by atoms with E-state index in [0.717, 1.165) is 6.54 Å². The Morgan fingerprint density at radius 2 is 1.84 bits per heavy atom. The van der Waals surface area contributed by atoms with Crippen molar-refractivity contribution in [2.24, 2.45) is 5.73 Å². The zero-order chi connectivity index (χ0) is 14.5. The lowest BCUT2D eigenvalue weighted by atomic mass is 9.87. The van der Waals surface area contributed by atoms with E-state index in [-0.39, 0.29) is 5.54 Å². The molecule has 2 N–H and O–H groups in total. The third-order valence-electron chi connectivity index (χ3n) is 4.76. The van der Waals surface area contributed by atoms with E-state index in [1.807, 2.05) is 0 Å². The normalized spacial score (nSPS) is 26.4. The van der Waals surface area contributed by atoms with Crippen molar-refractivity contribution in [2.75, 3.05) is 26.2 Å². The second kappa shape index (κ2) is 7.61. The molecular weight excluding hydrogens is 234 g/mol. The zero-order valence-electron chi connectivity index (χ0n) is 13.8. The lowest BCUT2D eigenvalue weighted by Gasteiger charge is -2.46. The summed E-state index contributed by atoms with van der Waals surface area (Å²) in [5.41, 5.74) is 6.47. The lowest BCUT2D eigenvalue weighted by Crippen LogP contribution is -2.57. The molecule has 0 aromatic rings. The van der Waals surface area contributed by atoms with Crippen LogP contribution in [0.15, 0.2) is 0 Å². The number of hydrogen-bond acceptors (Lipinski definition) is 3. The second-order valence-corrected chi connectivity index (χ2v) is 6.70. The predicted octanol–water partition coefficient (Wildman–Crippen LogP) is 2.70. The first-order chi connectivity index (χ1) is 8.96. The van der Waals surface area contributed by atoms with Gasteiger partial charge in [0.2, 0.25) is 0 Å². The van der Waals surface area contributed by atoms with Gasteiger partial charge in [-0.1, -0.05) is 6.92 Å². The van der Waals surface area contributed by atoms with Gasteiger partial charge in [0.05, 0.1) is 0 Å². The molecule has 19 heavy (non-hydrogen) atoms. The Hall–Kier alpha value is -0.120. The number of nitrogens with two attached hydrogens (primary N) is 1. The van der Waals surface area contributed by atoms with Gasteiger partial charge in [0.15, 0.2) is 0 Å².